The molecule has 0 aliphatic carbocycles. The molecule has 1 aliphatic heterocycles. The first kappa shape index (κ1) is 14.8. The molecule has 0 saturated heterocycles. The van der Waals surface area contributed by atoms with E-state index in [0.29, 0.717) is 12.1 Å². The molecule has 2 rings (SSSR count). The van der Waals surface area contributed by atoms with Crippen LogP contribution in [0.15, 0.2) is 22.7 Å². The molecular formula is C15H23BrN2O. The standard InChI is InChI=1S/C15H23BrN2O/c1-11(10-18(2)3)17-14-5-4-8-19-15-9-12(16)6-7-13(14)15/h6-7,9,11,14,17H,4-5,8,10H2,1-3H3. The van der Waals surface area contributed by atoms with Crippen LogP contribution in [0.3, 0.4) is 0 Å². The Hall–Kier alpha value is -0.580. The molecule has 0 aromatic heterocycles. The lowest BCUT2D eigenvalue weighted by Gasteiger charge is -2.25. The van der Waals surface area contributed by atoms with Gasteiger partial charge in [-0.2, -0.15) is 0 Å². The summed E-state index contributed by atoms with van der Waals surface area (Å²) in [6.07, 6.45) is 2.23. The van der Waals surface area contributed by atoms with Gasteiger partial charge in [0.05, 0.1) is 6.61 Å². The average Bonchev–Trinajstić information content (AvgIpc) is 2.50. The van der Waals surface area contributed by atoms with Crippen molar-refractivity contribution in [3.8, 4) is 5.75 Å². The van der Waals surface area contributed by atoms with Crippen LogP contribution in [-0.4, -0.2) is 38.2 Å². The van der Waals surface area contributed by atoms with Crippen molar-refractivity contribution in [2.45, 2.75) is 31.8 Å². The molecule has 0 spiro atoms. The maximum atomic E-state index is 5.84. The number of ether oxygens (including phenoxy) is 1. The first-order valence-electron chi connectivity index (χ1n) is 6.89. The number of fused-ring (bicyclic) bond motifs is 1. The van der Waals surface area contributed by atoms with Crippen LogP contribution in [0.2, 0.25) is 0 Å². The fourth-order valence-corrected chi connectivity index (χ4v) is 3.00. The van der Waals surface area contributed by atoms with E-state index >= 15 is 0 Å². The fourth-order valence-electron chi connectivity index (χ4n) is 2.66. The quantitative estimate of drug-likeness (QED) is 0.919. The zero-order valence-electron chi connectivity index (χ0n) is 11.9. The molecule has 1 aromatic carbocycles. The Bertz CT molecular complexity index is 423. The van der Waals surface area contributed by atoms with Gasteiger partial charge in [-0.15, -0.1) is 0 Å². The van der Waals surface area contributed by atoms with Crippen molar-refractivity contribution in [3.63, 3.8) is 0 Å². The molecule has 0 radical (unpaired) electrons. The monoisotopic (exact) mass is 326 g/mol. The van der Waals surface area contributed by atoms with E-state index in [2.05, 4.69) is 65.4 Å². The zero-order chi connectivity index (χ0) is 13.8. The Kier molecular flexibility index (Phi) is 5.25. The van der Waals surface area contributed by atoms with Gasteiger partial charge in [0.25, 0.3) is 0 Å². The summed E-state index contributed by atoms with van der Waals surface area (Å²) in [6, 6.07) is 7.20. The molecule has 106 valence electrons. The van der Waals surface area contributed by atoms with Crippen molar-refractivity contribution >= 4 is 15.9 Å². The molecule has 2 unspecified atom stereocenters. The maximum Gasteiger partial charge on any atom is 0.125 e. The Morgan fingerprint density at radius 2 is 2.26 bits per heavy atom. The molecule has 0 fully saturated rings. The van der Waals surface area contributed by atoms with E-state index in [-0.39, 0.29) is 0 Å². The summed E-state index contributed by atoms with van der Waals surface area (Å²) in [4.78, 5) is 2.22. The summed E-state index contributed by atoms with van der Waals surface area (Å²) in [5.74, 6) is 1.02. The maximum absolute atomic E-state index is 5.84. The topological polar surface area (TPSA) is 24.5 Å². The van der Waals surface area contributed by atoms with Gasteiger partial charge in [0.1, 0.15) is 5.75 Å². The molecule has 19 heavy (non-hydrogen) atoms. The Morgan fingerprint density at radius 1 is 1.47 bits per heavy atom. The van der Waals surface area contributed by atoms with Gasteiger partial charge in [0.2, 0.25) is 0 Å². The van der Waals surface area contributed by atoms with Gasteiger partial charge in [-0.05, 0) is 46.0 Å². The van der Waals surface area contributed by atoms with Crippen LogP contribution in [0, 0.1) is 0 Å². The number of halogens is 1. The van der Waals surface area contributed by atoms with Gasteiger partial charge in [0, 0.05) is 28.7 Å². The summed E-state index contributed by atoms with van der Waals surface area (Å²) < 4.78 is 6.92. The number of rotatable bonds is 4. The molecule has 4 heteroatoms. The van der Waals surface area contributed by atoms with E-state index in [9.17, 15) is 0 Å². The van der Waals surface area contributed by atoms with Gasteiger partial charge < -0.3 is 15.0 Å². The van der Waals surface area contributed by atoms with Crippen LogP contribution in [0.4, 0.5) is 0 Å². The predicted octanol–water partition coefficient (Wildman–Crippen LogP) is 3.20. The molecular weight excluding hydrogens is 304 g/mol. The van der Waals surface area contributed by atoms with E-state index in [1.807, 2.05) is 0 Å². The first-order chi connectivity index (χ1) is 9.06. The molecule has 1 aliphatic rings. The van der Waals surface area contributed by atoms with Crippen LogP contribution in [0.25, 0.3) is 0 Å². The number of likely N-dealkylation sites (N-methyl/N-ethyl adjacent to an activating group) is 1. The highest BCUT2D eigenvalue weighted by molar-refractivity contribution is 9.10. The van der Waals surface area contributed by atoms with Gasteiger partial charge in [-0.3, -0.25) is 0 Å². The van der Waals surface area contributed by atoms with E-state index in [1.165, 1.54) is 5.56 Å². The number of nitrogens with zero attached hydrogens (tertiary/aromatic N) is 1. The van der Waals surface area contributed by atoms with Crippen LogP contribution < -0.4 is 10.1 Å². The highest BCUT2D eigenvalue weighted by atomic mass is 79.9. The van der Waals surface area contributed by atoms with Gasteiger partial charge in [-0.25, -0.2) is 0 Å². The molecule has 1 aromatic rings. The summed E-state index contributed by atoms with van der Waals surface area (Å²) in [5.41, 5.74) is 1.28. The Labute approximate surface area is 124 Å². The smallest absolute Gasteiger partial charge is 0.125 e. The lowest BCUT2D eigenvalue weighted by molar-refractivity contribution is 0.308. The number of hydrogen-bond acceptors (Lipinski definition) is 3. The third-order valence-electron chi connectivity index (χ3n) is 3.37. The van der Waals surface area contributed by atoms with E-state index < -0.39 is 0 Å². The number of nitrogens with one attached hydrogen (secondary N) is 1. The van der Waals surface area contributed by atoms with E-state index in [0.717, 1.165) is 36.2 Å². The molecule has 2 atom stereocenters. The van der Waals surface area contributed by atoms with E-state index in [1.54, 1.807) is 0 Å². The second kappa shape index (κ2) is 6.73. The van der Waals surface area contributed by atoms with Gasteiger partial charge in [-0.1, -0.05) is 22.0 Å². The predicted molar refractivity (Wildman–Crippen MR) is 82.8 cm³/mol. The lowest BCUT2D eigenvalue weighted by atomic mass is 10.0. The summed E-state index contributed by atoms with van der Waals surface area (Å²) in [6.45, 7) is 4.09. The minimum Gasteiger partial charge on any atom is -0.493 e. The molecule has 1 N–H and O–H groups in total. The third kappa shape index (κ3) is 4.20. The second-order valence-electron chi connectivity index (χ2n) is 5.56. The minimum absolute atomic E-state index is 0.389. The molecule has 1 heterocycles. The second-order valence-corrected chi connectivity index (χ2v) is 6.47. The summed E-state index contributed by atoms with van der Waals surface area (Å²) in [5, 5.41) is 3.73. The van der Waals surface area contributed by atoms with Crippen LogP contribution >= 0.6 is 15.9 Å². The Balaban J connectivity index is 2.13. The third-order valence-corrected chi connectivity index (χ3v) is 3.86. The van der Waals surface area contributed by atoms with Crippen LogP contribution in [0.5, 0.6) is 5.75 Å². The minimum atomic E-state index is 0.389. The van der Waals surface area contributed by atoms with Crippen molar-refractivity contribution in [2.75, 3.05) is 27.2 Å². The normalized spacial score (nSPS) is 20.6. The largest absolute Gasteiger partial charge is 0.493 e. The highest BCUT2D eigenvalue weighted by Gasteiger charge is 2.21. The molecule has 0 saturated carbocycles. The summed E-state index contributed by atoms with van der Waals surface area (Å²) in [7, 11) is 4.22. The Morgan fingerprint density at radius 3 is 3.00 bits per heavy atom. The van der Waals surface area contributed by atoms with Crippen molar-refractivity contribution in [3.05, 3.63) is 28.2 Å². The first-order valence-corrected chi connectivity index (χ1v) is 7.68. The molecule has 0 bridgehead atoms. The lowest BCUT2D eigenvalue weighted by Crippen LogP contribution is -2.38. The molecule has 3 nitrogen and oxygen atoms in total. The van der Waals surface area contributed by atoms with Crippen molar-refractivity contribution in [2.24, 2.45) is 0 Å². The summed E-state index contributed by atoms with van der Waals surface area (Å²) >= 11 is 3.51. The zero-order valence-corrected chi connectivity index (χ0v) is 13.5. The molecule has 0 amide bonds. The number of hydrogen-bond donors (Lipinski definition) is 1. The van der Waals surface area contributed by atoms with Crippen LogP contribution in [-0.2, 0) is 0 Å². The van der Waals surface area contributed by atoms with Gasteiger partial charge >= 0.3 is 0 Å². The van der Waals surface area contributed by atoms with Gasteiger partial charge in [0.15, 0.2) is 0 Å². The van der Waals surface area contributed by atoms with Crippen LogP contribution in [0.1, 0.15) is 31.4 Å². The van der Waals surface area contributed by atoms with Crippen molar-refractivity contribution in [1.29, 1.82) is 0 Å². The SMILES string of the molecule is CC(CN(C)C)NC1CCCOc2cc(Br)ccc21. The fraction of sp³-hybridized carbons (Fsp3) is 0.600. The average molecular weight is 327 g/mol. The number of benzene rings is 1. The van der Waals surface area contributed by atoms with E-state index in [4.69, 9.17) is 4.74 Å². The highest BCUT2D eigenvalue weighted by Crippen LogP contribution is 2.33. The van der Waals surface area contributed by atoms with Crippen molar-refractivity contribution < 1.29 is 4.74 Å². The van der Waals surface area contributed by atoms with Crippen molar-refractivity contribution in [1.82, 2.24) is 10.2 Å².